The molecule has 0 heterocycles. The van der Waals surface area contributed by atoms with Gasteiger partial charge in [0.1, 0.15) is 0 Å². The van der Waals surface area contributed by atoms with E-state index in [1.165, 1.54) is 7.05 Å². The molecule has 1 nitrogen and oxygen atoms in total. The van der Waals surface area contributed by atoms with Crippen molar-refractivity contribution in [2.45, 2.75) is 0 Å². The average molecular weight is 309 g/mol. The van der Waals surface area contributed by atoms with E-state index < -0.39 is 0 Å². The summed E-state index contributed by atoms with van der Waals surface area (Å²) in [5, 5.41) is 0. The van der Waals surface area contributed by atoms with E-state index in [4.69, 9.17) is 0 Å². The maximum absolute atomic E-state index is 4.50. The van der Waals surface area contributed by atoms with Gasteiger partial charge in [-0.1, -0.05) is 0 Å². The Labute approximate surface area is 64.7 Å². The normalized spacial score (nSPS) is 1.20. The molecular formula is CH5Cl2NPb. The van der Waals surface area contributed by atoms with Crippen molar-refractivity contribution < 1.29 is 24.8 Å². The summed E-state index contributed by atoms with van der Waals surface area (Å²) in [6.07, 6.45) is 0. The average Bonchev–Trinajstić information content (AvgIpc) is 1.00. The fourth-order valence-electron chi connectivity index (χ4n) is 0. The number of halogens is 2. The van der Waals surface area contributed by atoms with Gasteiger partial charge in [0.15, 0.2) is 0 Å². The predicted octanol–water partition coefficient (Wildman–Crippen LogP) is -6.80. The predicted molar refractivity (Wildman–Crippen MR) is 15.9 cm³/mol. The minimum Gasteiger partial charge on any atom is -1.00 e. The molecule has 0 aromatic rings. The van der Waals surface area contributed by atoms with Gasteiger partial charge in [-0.05, 0) is 7.05 Å². The second kappa shape index (κ2) is 50.9. The molecule has 5 heavy (non-hydrogen) atoms. The molecule has 0 saturated carbocycles. The first-order valence-corrected chi connectivity index (χ1v) is 0.577. The quantitative estimate of drug-likeness (QED) is 0.443. The van der Waals surface area contributed by atoms with Crippen molar-refractivity contribution in [1.82, 2.24) is 0 Å². The summed E-state index contributed by atoms with van der Waals surface area (Å²) in [5.41, 5.74) is 4.50. The first-order valence-electron chi connectivity index (χ1n) is 0.577. The second-order valence-corrected chi connectivity index (χ2v) is 0. The molecule has 0 aliphatic heterocycles. The van der Waals surface area contributed by atoms with Crippen LogP contribution in [0.4, 0.5) is 0 Å². The van der Waals surface area contributed by atoms with Gasteiger partial charge in [0.25, 0.3) is 0 Å². The largest absolute Gasteiger partial charge is 2.00 e. The van der Waals surface area contributed by atoms with Gasteiger partial charge >= 0.3 is 27.3 Å². The van der Waals surface area contributed by atoms with Gasteiger partial charge in [0, 0.05) is 0 Å². The van der Waals surface area contributed by atoms with Crippen LogP contribution in [0, 0.1) is 0 Å². The molecule has 32 valence electrons. The molecule has 2 radical (unpaired) electrons. The third kappa shape index (κ3) is 30.6. The minimum absolute atomic E-state index is 0. The van der Waals surface area contributed by atoms with Crippen LogP contribution in [0.5, 0.6) is 0 Å². The molecule has 0 aliphatic carbocycles. The summed E-state index contributed by atoms with van der Waals surface area (Å²) < 4.78 is 0. The van der Waals surface area contributed by atoms with Crippen molar-refractivity contribution in [3.63, 3.8) is 0 Å². The fourth-order valence-corrected chi connectivity index (χ4v) is 0. The fraction of sp³-hybridized carbons (Fsp3) is 1.00. The SMILES string of the molecule is CN.[Cl-].[Cl-].[Pb+2]. The van der Waals surface area contributed by atoms with Crippen LogP contribution in [-0.4, -0.2) is 34.3 Å². The maximum Gasteiger partial charge on any atom is 2.00 e. The molecule has 4 heteroatoms. The van der Waals surface area contributed by atoms with E-state index in [-0.39, 0.29) is 52.1 Å². The Morgan fingerprint density at radius 1 is 1.00 bits per heavy atom. The third-order valence-corrected chi connectivity index (χ3v) is 0. The Kier molecular flexibility index (Phi) is 324. The van der Waals surface area contributed by atoms with E-state index in [9.17, 15) is 0 Å². The Balaban J connectivity index is -0.00000000167. The Hall–Kier alpha value is 1.46. The molecule has 0 aromatic heterocycles. The number of nitrogens with two attached hydrogens (primary N) is 1. The van der Waals surface area contributed by atoms with Gasteiger partial charge in [0.05, 0.1) is 0 Å². The topological polar surface area (TPSA) is 26.0 Å². The molecule has 0 fully saturated rings. The maximum atomic E-state index is 4.50. The van der Waals surface area contributed by atoms with E-state index in [0.717, 1.165) is 0 Å². The van der Waals surface area contributed by atoms with E-state index in [0.29, 0.717) is 0 Å². The number of rotatable bonds is 0. The summed E-state index contributed by atoms with van der Waals surface area (Å²) in [6, 6.07) is 0. The van der Waals surface area contributed by atoms with Crippen molar-refractivity contribution in [3.8, 4) is 0 Å². The molecule has 0 saturated heterocycles. The van der Waals surface area contributed by atoms with Gasteiger partial charge in [-0.25, -0.2) is 0 Å². The van der Waals surface area contributed by atoms with Crippen molar-refractivity contribution in [1.29, 1.82) is 0 Å². The zero-order valence-corrected chi connectivity index (χ0v) is 8.23. The number of hydrogen-bond donors (Lipinski definition) is 1. The Morgan fingerprint density at radius 2 is 1.00 bits per heavy atom. The summed E-state index contributed by atoms with van der Waals surface area (Å²) >= 11 is 0. The van der Waals surface area contributed by atoms with Crippen molar-refractivity contribution in [2.75, 3.05) is 7.05 Å². The van der Waals surface area contributed by atoms with Gasteiger partial charge in [-0.2, -0.15) is 0 Å². The van der Waals surface area contributed by atoms with Crippen molar-refractivity contribution in [2.24, 2.45) is 5.73 Å². The Bertz CT molecular complexity index is 9.61. The second-order valence-electron chi connectivity index (χ2n) is 0. The molecule has 0 unspecified atom stereocenters. The van der Waals surface area contributed by atoms with Crippen LogP contribution in [0.2, 0.25) is 0 Å². The molecule has 0 amide bonds. The van der Waals surface area contributed by atoms with Crippen LogP contribution in [0.3, 0.4) is 0 Å². The van der Waals surface area contributed by atoms with Gasteiger partial charge in [0.2, 0.25) is 0 Å². The number of hydrogen-bond acceptors (Lipinski definition) is 1. The molecule has 0 rings (SSSR count). The van der Waals surface area contributed by atoms with Crippen molar-refractivity contribution >= 4 is 27.3 Å². The molecule has 0 spiro atoms. The van der Waals surface area contributed by atoms with Crippen LogP contribution in [0.1, 0.15) is 0 Å². The summed E-state index contributed by atoms with van der Waals surface area (Å²) in [6.45, 7) is 0. The van der Waals surface area contributed by atoms with Crippen LogP contribution in [-0.2, 0) is 0 Å². The van der Waals surface area contributed by atoms with E-state index >= 15 is 0 Å². The summed E-state index contributed by atoms with van der Waals surface area (Å²) in [4.78, 5) is 0. The monoisotopic (exact) mass is 309 g/mol. The molecule has 0 bridgehead atoms. The summed E-state index contributed by atoms with van der Waals surface area (Å²) in [5.74, 6) is 0. The Morgan fingerprint density at radius 3 is 1.00 bits per heavy atom. The summed E-state index contributed by atoms with van der Waals surface area (Å²) in [7, 11) is 1.50. The van der Waals surface area contributed by atoms with Crippen LogP contribution < -0.4 is 30.5 Å². The first-order chi connectivity index (χ1) is 1.00. The van der Waals surface area contributed by atoms with E-state index in [2.05, 4.69) is 5.73 Å². The van der Waals surface area contributed by atoms with E-state index in [1.807, 2.05) is 0 Å². The zero-order chi connectivity index (χ0) is 2.00. The van der Waals surface area contributed by atoms with Gasteiger partial charge in [-0.15, -0.1) is 0 Å². The standard InChI is InChI=1S/CH5N.2ClH.Pb/c1-2;;;/h2H2,1H3;2*1H;/q;;;+2/p-2. The zero-order valence-electron chi connectivity index (χ0n) is 2.83. The molecule has 2 N–H and O–H groups in total. The van der Waals surface area contributed by atoms with Gasteiger partial charge < -0.3 is 30.5 Å². The molecule has 0 aromatic carbocycles. The van der Waals surface area contributed by atoms with E-state index in [1.54, 1.807) is 0 Å². The molecular weight excluding hydrogens is 304 g/mol. The smallest absolute Gasteiger partial charge is 1.00 e. The van der Waals surface area contributed by atoms with Crippen LogP contribution >= 0.6 is 0 Å². The minimum atomic E-state index is 0. The molecule has 0 atom stereocenters. The van der Waals surface area contributed by atoms with Crippen molar-refractivity contribution in [3.05, 3.63) is 0 Å². The van der Waals surface area contributed by atoms with Crippen LogP contribution in [0.25, 0.3) is 0 Å². The third-order valence-electron chi connectivity index (χ3n) is 0. The van der Waals surface area contributed by atoms with Gasteiger partial charge in [-0.3, -0.25) is 0 Å². The van der Waals surface area contributed by atoms with Crippen LogP contribution in [0.15, 0.2) is 0 Å². The molecule has 0 aliphatic rings. The first kappa shape index (κ1) is 31.8.